The number of H-pyrrole nitrogens is 1. The summed E-state index contributed by atoms with van der Waals surface area (Å²) >= 11 is 0. The van der Waals surface area contributed by atoms with Crippen molar-refractivity contribution in [2.75, 3.05) is 18.5 Å². The SMILES string of the molecule is CC(=O)CCN(C)c1nc2nc(F)ccc2[nH]1. The van der Waals surface area contributed by atoms with Gasteiger partial charge in [0.2, 0.25) is 11.9 Å². The molecule has 0 amide bonds. The van der Waals surface area contributed by atoms with Gasteiger partial charge in [0.05, 0.1) is 5.52 Å². The van der Waals surface area contributed by atoms with E-state index < -0.39 is 5.95 Å². The molecule has 0 atom stereocenters. The topological polar surface area (TPSA) is 61.9 Å². The van der Waals surface area contributed by atoms with Crippen molar-refractivity contribution in [3.05, 3.63) is 18.1 Å². The number of rotatable bonds is 4. The zero-order valence-corrected chi connectivity index (χ0v) is 9.70. The molecule has 90 valence electrons. The third kappa shape index (κ3) is 2.58. The van der Waals surface area contributed by atoms with Crippen LogP contribution in [0.4, 0.5) is 10.3 Å². The van der Waals surface area contributed by atoms with Gasteiger partial charge < -0.3 is 9.88 Å². The molecule has 2 heterocycles. The molecule has 0 aliphatic carbocycles. The third-order valence-corrected chi connectivity index (χ3v) is 2.46. The van der Waals surface area contributed by atoms with Crippen LogP contribution in [-0.2, 0) is 4.79 Å². The Morgan fingerprint density at radius 2 is 2.24 bits per heavy atom. The molecule has 2 aromatic heterocycles. The monoisotopic (exact) mass is 236 g/mol. The van der Waals surface area contributed by atoms with E-state index in [0.717, 1.165) is 0 Å². The standard InChI is InChI=1S/C11H13FN4O/c1-7(17)5-6-16(2)11-13-8-3-4-9(12)14-10(8)15-11/h3-4H,5-6H2,1-2H3,(H,13,14,15). The van der Waals surface area contributed by atoms with E-state index in [1.807, 2.05) is 7.05 Å². The summed E-state index contributed by atoms with van der Waals surface area (Å²) in [5, 5.41) is 0. The second-order valence-electron chi connectivity index (χ2n) is 3.94. The first-order chi connectivity index (χ1) is 8.06. The van der Waals surface area contributed by atoms with Crippen molar-refractivity contribution in [2.45, 2.75) is 13.3 Å². The fourth-order valence-corrected chi connectivity index (χ4v) is 1.47. The van der Waals surface area contributed by atoms with Crippen LogP contribution in [0.3, 0.4) is 0 Å². The van der Waals surface area contributed by atoms with Gasteiger partial charge in [0, 0.05) is 20.0 Å². The number of ketones is 1. The molecular weight excluding hydrogens is 223 g/mol. The van der Waals surface area contributed by atoms with Crippen molar-refractivity contribution in [1.82, 2.24) is 15.0 Å². The van der Waals surface area contributed by atoms with Gasteiger partial charge in [-0.15, -0.1) is 0 Å². The molecule has 0 bridgehead atoms. The number of carbonyl (C=O) groups is 1. The van der Waals surface area contributed by atoms with E-state index in [-0.39, 0.29) is 5.78 Å². The maximum absolute atomic E-state index is 12.9. The molecule has 5 nitrogen and oxygen atoms in total. The summed E-state index contributed by atoms with van der Waals surface area (Å²) in [5.41, 5.74) is 1.02. The van der Waals surface area contributed by atoms with Gasteiger partial charge in [-0.3, -0.25) is 4.79 Å². The fraction of sp³-hybridized carbons (Fsp3) is 0.364. The van der Waals surface area contributed by atoms with Gasteiger partial charge >= 0.3 is 0 Å². The molecule has 2 aromatic rings. The summed E-state index contributed by atoms with van der Waals surface area (Å²) in [6.45, 7) is 2.11. The van der Waals surface area contributed by atoms with Crippen LogP contribution in [0.15, 0.2) is 12.1 Å². The molecule has 0 radical (unpaired) electrons. The van der Waals surface area contributed by atoms with Gasteiger partial charge in [-0.25, -0.2) is 0 Å². The summed E-state index contributed by atoms with van der Waals surface area (Å²) in [7, 11) is 1.82. The molecule has 0 spiro atoms. The number of halogens is 1. The largest absolute Gasteiger partial charge is 0.345 e. The highest BCUT2D eigenvalue weighted by molar-refractivity contribution is 5.76. The molecule has 0 saturated carbocycles. The van der Waals surface area contributed by atoms with Crippen LogP contribution in [0, 0.1) is 5.95 Å². The van der Waals surface area contributed by atoms with Crippen LogP contribution in [0.5, 0.6) is 0 Å². The molecule has 0 saturated heterocycles. The number of imidazole rings is 1. The average molecular weight is 236 g/mol. The molecule has 0 aromatic carbocycles. The average Bonchev–Trinajstić information content (AvgIpc) is 2.68. The molecule has 1 N–H and O–H groups in total. The third-order valence-electron chi connectivity index (χ3n) is 2.46. The maximum atomic E-state index is 12.9. The van der Waals surface area contributed by atoms with Crippen molar-refractivity contribution in [3.63, 3.8) is 0 Å². The molecule has 0 aliphatic rings. The second kappa shape index (κ2) is 4.48. The number of nitrogens with zero attached hydrogens (tertiary/aromatic N) is 3. The summed E-state index contributed by atoms with van der Waals surface area (Å²) < 4.78 is 12.9. The highest BCUT2D eigenvalue weighted by atomic mass is 19.1. The second-order valence-corrected chi connectivity index (χ2v) is 3.94. The summed E-state index contributed by atoms with van der Waals surface area (Å²) in [6.07, 6.45) is 0.454. The summed E-state index contributed by atoms with van der Waals surface area (Å²) in [5.74, 6) is 0.151. The zero-order chi connectivity index (χ0) is 12.4. The van der Waals surface area contributed by atoms with Gasteiger partial charge in [0.25, 0.3) is 0 Å². The Morgan fingerprint density at radius 3 is 2.94 bits per heavy atom. The number of aromatic amines is 1. The van der Waals surface area contributed by atoms with E-state index in [9.17, 15) is 9.18 Å². The Bertz CT molecular complexity index is 551. The van der Waals surface area contributed by atoms with Crippen molar-refractivity contribution in [3.8, 4) is 0 Å². The van der Waals surface area contributed by atoms with Crippen LogP contribution in [-0.4, -0.2) is 34.3 Å². The van der Waals surface area contributed by atoms with Crippen molar-refractivity contribution in [2.24, 2.45) is 0 Å². The van der Waals surface area contributed by atoms with Crippen LogP contribution >= 0.6 is 0 Å². The number of nitrogens with one attached hydrogen (secondary N) is 1. The Kier molecular flexibility index (Phi) is 3.03. The molecule has 2 rings (SSSR count). The van der Waals surface area contributed by atoms with E-state index in [2.05, 4.69) is 15.0 Å². The predicted octanol–water partition coefficient (Wildman–Crippen LogP) is 1.51. The predicted molar refractivity (Wildman–Crippen MR) is 62.4 cm³/mol. The number of Topliss-reactive ketones (excluding diaryl/α,β-unsaturated/α-hetero) is 1. The lowest BCUT2D eigenvalue weighted by atomic mass is 10.3. The Balaban J connectivity index is 2.21. The molecule has 0 fully saturated rings. The number of carbonyl (C=O) groups excluding carboxylic acids is 1. The normalized spacial score (nSPS) is 10.8. The molecule has 0 unspecified atom stereocenters. The van der Waals surface area contributed by atoms with Crippen molar-refractivity contribution >= 4 is 22.9 Å². The molecule has 6 heteroatoms. The van der Waals surface area contributed by atoms with E-state index in [0.29, 0.717) is 30.1 Å². The van der Waals surface area contributed by atoms with Gasteiger partial charge in [-0.2, -0.15) is 14.4 Å². The Hall–Kier alpha value is -1.98. The fourth-order valence-electron chi connectivity index (χ4n) is 1.47. The number of hydrogen-bond donors (Lipinski definition) is 1. The van der Waals surface area contributed by atoms with Crippen LogP contribution in [0.2, 0.25) is 0 Å². The van der Waals surface area contributed by atoms with Crippen LogP contribution in [0.1, 0.15) is 13.3 Å². The molecule has 0 aliphatic heterocycles. The minimum atomic E-state index is -0.554. The molecular formula is C11H13FN4O. The summed E-state index contributed by atoms with van der Waals surface area (Å²) in [6, 6.07) is 2.87. The van der Waals surface area contributed by atoms with Gasteiger partial charge in [-0.1, -0.05) is 0 Å². The lowest BCUT2D eigenvalue weighted by Crippen LogP contribution is -2.21. The number of aromatic nitrogens is 3. The number of pyridine rings is 1. The zero-order valence-electron chi connectivity index (χ0n) is 9.70. The van der Waals surface area contributed by atoms with Crippen LogP contribution in [0.25, 0.3) is 11.2 Å². The highest BCUT2D eigenvalue weighted by Crippen LogP contribution is 2.15. The first kappa shape index (κ1) is 11.5. The smallest absolute Gasteiger partial charge is 0.215 e. The van der Waals surface area contributed by atoms with E-state index in [4.69, 9.17) is 0 Å². The van der Waals surface area contributed by atoms with Crippen molar-refractivity contribution < 1.29 is 9.18 Å². The molecule has 17 heavy (non-hydrogen) atoms. The maximum Gasteiger partial charge on any atom is 0.215 e. The minimum Gasteiger partial charge on any atom is -0.345 e. The number of hydrogen-bond acceptors (Lipinski definition) is 4. The van der Waals surface area contributed by atoms with Crippen molar-refractivity contribution in [1.29, 1.82) is 0 Å². The number of anilines is 1. The summed E-state index contributed by atoms with van der Waals surface area (Å²) in [4.78, 5) is 23.5. The van der Waals surface area contributed by atoms with E-state index >= 15 is 0 Å². The lowest BCUT2D eigenvalue weighted by Gasteiger charge is -2.13. The lowest BCUT2D eigenvalue weighted by molar-refractivity contribution is -0.116. The Morgan fingerprint density at radius 1 is 1.47 bits per heavy atom. The quantitative estimate of drug-likeness (QED) is 0.817. The number of fused-ring (bicyclic) bond motifs is 1. The minimum absolute atomic E-state index is 0.122. The highest BCUT2D eigenvalue weighted by Gasteiger charge is 2.09. The van der Waals surface area contributed by atoms with E-state index in [1.54, 1.807) is 17.9 Å². The first-order valence-corrected chi connectivity index (χ1v) is 5.29. The van der Waals surface area contributed by atoms with E-state index in [1.165, 1.54) is 6.07 Å². The van der Waals surface area contributed by atoms with Gasteiger partial charge in [0.1, 0.15) is 5.78 Å². The Labute approximate surface area is 97.7 Å². The van der Waals surface area contributed by atoms with Gasteiger partial charge in [-0.05, 0) is 19.1 Å². The first-order valence-electron chi connectivity index (χ1n) is 5.29. The van der Waals surface area contributed by atoms with Gasteiger partial charge in [0.15, 0.2) is 5.65 Å². The van der Waals surface area contributed by atoms with Crippen LogP contribution < -0.4 is 4.90 Å².